The highest BCUT2D eigenvalue weighted by Crippen LogP contribution is 2.39. The first-order valence-corrected chi connectivity index (χ1v) is 6.08. The van der Waals surface area contributed by atoms with Crippen molar-refractivity contribution in [2.75, 3.05) is 25.6 Å². The van der Waals surface area contributed by atoms with Crippen molar-refractivity contribution in [3.8, 4) is 0 Å². The van der Waals surface area contributed by atoms with Gasteiger partial charge >= 0.3 is 0 Å². The van der Waals surface area contributed by atoms with Crippen molar-refractivity contribution >= 4 is 17.5 Å². The van der Waals surface area contributed by atoms with Crippen molar-refractivity contribution in [1.82, 2.24) is 0 Å². The first-order valence-electron chi connectivity index (χ1n) is 5.10. The highest BCUT2D eigenvalue weighted by molar-refractivity contribution is 8.01. The largest absolute Gasteiger partial charge is 0.376 e. The van der Waals surface area contributed by atoms with E-state index in [9.17, 15) is 4.79 Å². The van der Waals surface area contributed by atoms with Gasteiger partial charge in [-0.1, -0.05) is 0 Å². The predicted molar refractivity (Wildman–Crippen MR) is 55.7 cm³/mol. The molecule has 3 nitrogen and oxygen atoms in total. The zero-order valence-electron chi connectivity index (χ0n) is 8.45. The van der Waals surface area contributed by atoms with E-state index in [1.807, 2.05) is 6.92 Å². The first-order chi connectivity index (χ1) is 6.72. The number of carbonyl (C=O) groups excluding carboxylic acids is 1. The Morgan fingerprint density at radius 2 is 2.36 bits per heavy atom. The van der Waals surface area contributed by atoms with Crippen LogP contribution in [0, 0.1) is 0 Å². The summed E-state index contributed by atoms with van der Waals surface area (Å²) in [5.74, 6) is 1.32. The third-order valence-corrected chi connectivity index (χ3v) is 4.38. The second kappa shape index (κ2) is 4.21. The van der Waals surface area contributed by atoms with Crippen molar-refractivity contribution in [2.45, 2.75) is 30.6 Å². The zero-order valence-corrected chi connectivity index (χ0v) is 9.27. The van der Waals surface area contributed by atoms with Gasteiger partial charge in [-0.05, 0) is 25.5 Å². The van der Waals surface area contributed by atoms with Crippen LogP contribution >= 0.6 is 11.8 Å². The van der Waals surface area contributed by atoms with Crippen molar-refractivity contribution in [1.29, 1.82) is 0 Å². The normalized spacial score (nSPS) is 38.5. The van der Waals surface area contributed by atoms with Crippen LogP contribution in [0.4, 0.5) is 0 Å². The molecule has 2 aliphatic heterocycles. The lowest BCUT2D eigenvalue weighted by atomic mass is 9.96. The minimum Gasteiger partial charge on any atom is -0.376 e. The molecule has 0 saturated carbocycles. The van der Waals surface area contributed by atoms with Crippen molar-refractivity contribution in [3.63, 3.8) is 0 Å². The number of carbonyl (C=O) groups is 1. The van der Waals surface area contributed by atoms with Gasteiger partial charge in [-0.3, -0.25) is 4.79 Å². The van der Waals surface area contributed by atoms with Gasteiger partial charge in [0.2, 0.25) is 0 Å². The molecule has 80 valence electrons. The fraction of sp³-hybridized carbons (Fsp3) is 0.900. The summed E-state index contributed by atoms with van der Waals surface area (Å²) in [6, 6.07) is 0. The van der Waals surface area contributed by atoms with Crippen LogP contribution in [0.1, 0.15) is 19.8 Å². The van der Waals surface area contributed by atoms with E-state index >= 15 is 0 Å². The lowest BCUT2D eigenvalue weighted by Gasteiger charge is -2.29. The standard InChI is InChI=1S/C10H16O3S/c1-10(3-2-6-14-10)9(11)8-7-12-4-5-13-8/h8H,2-7H2,1H3. The summed E-state index contributed by atoms with van der Waals surface area (Å²) in [6.07, 6.45) is 1.80. The molecular formula is C10H16O3S. The topological polar surface area (TPSA) is 35.5 Å². The Bertz CT molecular complexity index is 217. The maximum absolute atomic E-state index is 12.1. The maximum Gasteiger partial charge on any atom is 0.179 e. The van der Waals surface area contributed by atoms with Gasteiger partial charge in [0, 0.05) is 0 Å². The molecule has 0 radical (unpaired) electrons. The number of ether oxygens (including phenoxy) is 2. The van der Waals surface area contributed by atoms with E-state index in [0.29, 0.717) is 19.8 Å². The van der Waals surface area contributed by atoms with Crippen LogP contribution < -0.4 is 0 Å². The summed E-state index contributed by atoms with van der Waals surface area (Å²) in [5, 5.41) is 0. The number of Topliss-reactive ketones (excluding diaryl/α,β-unsaturated/α-hetero) is 1. The smallest absolute Gasteiger partial charge is 0.179 e. The lowest BCUT2D eigenvalue weighted by Crippen LogP contribution is -2.44. The number of hydrogen-bond donors (Lipinski definition) is 0. The molecule has 0 aromatic rings. The molecule has 0 aromatic carbocycles. The number of thioether (sulfide) groups is 1. The molecule has 2 atom stereocenters. The monoisotopic (exact) mass is 216 g/mol. The van der Waals surface area contributed by atoms with Gasteiger partial charge in [-0.15, -0.1) is 11.8 Å². The number of hydrogen-bond acceptors (Lipinski definition) is 4. The molecule has 0 aromatic heterocycles. The molecule has 2 saturated heterocycles. The molecule has 14 heavy (non-hydrogen) atoms. The summed E-state index contributed by atoms with van der Waals surface area (Å²) in [4.78, 5) is 12.1. The van der Waals surface area contributed by atoms with Gasteiger partial charge < -0.3 is 9.47 Å². The van der Waals surface area contributed by atoms with Crippen LogP contribution in [-0.4, -0.2) is 42.2 Å². The second-order valence-corrected chi connectivity index (χ2v) is 5.58. The van der Waals surface area contributed by atoms with Crippen LogP contribution in [-0.2, 0) is 14.3 Å². The molecule has 0 aliphatic carbocycles. The van der Waals surface area contributed by atoms with Gasteiger partial charge in [0.05, 0.1) is 24.6 Å². The van der Waals surface area contributed by atoms with Crippen LogP contribution in [0.5, 0.6) is 0 Å². The molecule has 4 heteroatoms. The minimum atomic E-state index is -0.320. The van der Waals surface area contributed by atoms with Crippen LogP contribution in [0.2, 0.25) is 0 Å². The highest BCUT2D eigenvalue weighted by Gasteiger charge is 2.41. The lowest BCUT2D eigenvalue weighted by molar-refractivity contribution is -0.147. The third kappa shape index (κ3) is 1.97. The SMILES string of the molecule is CC1(C(=O)C2COCCO2)CCCS1. The number of rotatable bonds is 2. The quantitative estimate of drug-likeness (QED) is 0.696. The minimum absolute atomic E-state index is 0.217. The Morgan fingerprint density at radius 3 is 2.93 bits per heavy atom. The van der Waals surface area contributed by atoms with Crippen LogP contribution in [0.3, 0.4) is 0 Å². The summed E-state index contributed by atoms with van der Waals surface area (Å²) >= 11 is 1.76. The summed E-state index contributed by atoms with van der Waals surface area (Å²) in [6.45, 7) is 3.64. The fourth-order valence-corrected chi connectivity index (χ4v) is 3.25. The van der Waals surface area contributed by atoms with E-state index in [4.69, 9.17) is 9.47 Å². The summed E-state index contributed by atoms with van der Waals surface area (Å²) in [7, 11) is 0. The molecule has 0 N–H and O–H groups in total. The highest BCUT2D eigenvalue weighted by atomic mass is 32.2. The second-order valence-electron chi connectivity index (χ2n) is 3.98. The van der Waals surface area contributed by atoms with E-state index in [-0.39, 0.29) is 16.6 Å². The molecule has 2 fully saturated rings. The molecule has 2 rings (SSSR count). The molecule has 0 amide bonds. The number of ketones is 1. The molecule has 0 spiro atoms. The van der Waals surface area contributed by atoms with Gasteiger partial charge in [0.25, 0.3) is 0 Å². The van der Waals surface area contributed by atoms with Gasteiger partial charge in [-0.2, -0.15) is 0 Å². The van der Waals surface area contributed by atoms with Crippen molar-refractivity contribution in [2.24, 2.45) is 0 Å². The Kier molecular flexibility index (Phi) is 3.14. The van der Waals surface area contributed by atoms with E-state index in [2.05, 4.69) is 0 Å². The van der Waals surface area contributed by atoms with Crippen molar-refractivity contribution < 1.29 is 14.3 Å². The Labute approximate surface area is 88.5 Å². The first kappa shape index (κ1) is 10.5. The maximum atomic E-state index is 12.1. The average molecular weight is 216 g/mol. The zero-order chi connectivity index (χ0) is 10.0. The third-order valence-electron chi connectivity index (χ3n) is 2.85. The van der Waals surface area contributed by atoms with E-state index in [1.54, 1.807) is 11.8 Å². The Morgan fingerprint density at radius 1 is 1.50 bits per heavy atom. The van der Waals surface area contributed by atoms with Crippen molar-refractivity contribution in [3.05, 3.63) is 0 Å². The molecule has 2 aliphatic rings. The summed E-state index contributed by atoms with van der Waals surface area (Å²) in [5.41, 5.74) is 0. The van der Waals surface area contributed by atoms with Crippen LogP contribution in [0.25, 0.3) is 0 Å². The van der Waals surface area contributed by atoms with Gasteiger partial charge in [0.1, 0.15) is 6.10 Å². The Hall–Kier alpha value is -0.0600. The van der Waals surface area contributed by atoms with Crippen LogP contribution in [0.15, 0.2) is 0 Å². The summed E-state index contributed by atoms with van der Waals surface area (Å²) < 4.78 is 10.5. The van der Waals surface area contributed by atoms with E-state index in [0.717, 1.165) is 18.6 Å². The van der Waals surface area contributed by atoms with Gasteiger partial charge in [-0.25, -0.2) is 0 Å². The molecular weight excluding hydrogens is 200 g/mol. The molecule has 2 heterocycles. The molecule has 2 unspecified atom stereocenters. The molecule has 0 bridgehead atoms. The fourth-order valence-electron chi connectivity index (χ4n) is 1.95. The van der Waals surface area contributed by atoms with E-state index in [1.165, 1.54) is 0 Å². The van der Waals surface area contributed by atoms with Gasteiger partial charge in [0.15, 0.2) is 5.78 Å². The predicted octanol–water partition coefficient (Wildman–Crippen LogP) is 1.26. The van der Waals surface area contributed by atoms with E-state index < -0.39 is 0 Å². The Balaban J connectivity index is 1.98. The average Bonchev–Trinajstić information content (AvgIpc) is 2.67.